The zero-order valence-electron chi connectivity index (χ0n) is 15.1. The number of ether oxygens (including phenoxy) is 2. The zero-order chi connectivity index (χ0) is 17.8. The van der Waals surface area contributed by atoms with Gasteiger partial charge in [-0.25, -0.2) is 0 Å². The Bertz CT molecular complexity index is 757. The molecule has 0 aromatic heterocycles. The number of methoxy groups -OCH3 is 2. The maximum absolute atomic E-state index is 12.4. The third kappa shape index (κ3) is 3.95. The summed E-state index contributed by atoms with van der Waals surface area (Å²) < 4.78 is 10.7. The lowest BCUT2D eigenvalue weighted by Crippen LogP contribution is -2.33. The number of carbonyl (C=O) groups is 1. The van der Waals surface area contributed by atoms with Crippen LogP contribution in [0.3, 0.4) is 0 Å². The van der Waals surface area contributed by atoms with Gasteiger partial charge < -0.3 is 14.4 Å². The minimum Gasteiger partial charge on any atom is -0.493 e. The van der Waals surface area contributed by atoms with Gasteiger partial charge in [0.15, 0.2) is 11.5 Å². The van der Waals surface area contributed by atoms with Gasteiger partial charge in [-0.3, -0.25) is 4.79 Å². The van der Waals surface area contributed by atoms with Crippen LogP contribution < -0.4 is 9.47 Å². The lowest BCUT2D eigenvalue weighted by atomic mass is 10.0. The normalized spacial score (nSPS) is 17.0. The lowest BCUT2D eigenvalue weighted by molar-refractivity contribution is -0.129. The Morgan fingerprint density at radius 3 is 2.56 bits per heavy atom. The molecule has 1 heterocycles. The SMILES string of the molecule is COc1ccc(C[C@@H]2CCC(=O)N2Cc2cccc(C)c2)cc1OC. The van der Waals surface area contributed by atoms with Crippen molar-refractivity contribution in [3.8, 4) is 11.5 Å². The van der Waals surface area contributed by atoms with E-state index in [0.29, 0.717) is 13.0 Å². The van der Waals surface area contributed by atoms with Gasteiger partial charge in [0.1, 0.15) is 0 Å². The van der Waals surface area contributed by atoms with Gasteiger partial charge in [-0.1, -0.05) is 35.9 Å². The Morgan fingerprint density at radius 2 is 1.84 bits per heavy atom. The molecule has 1 aliphatic rings. The van der Waals surface area contributed by atoms with Crippen molar-refractivity contribution < 1.29 is 14.3 Å². The van der Waals surface area contributed by atoms with E-state index in [1.54, 1.807) is 14.2 Å². The highest BCUT2D eigenvalue weighted by Crippen LogP contribution is 2.30. The van der Waals surface area contributed by atoms with Gasteiger partial charge in [-0.05, 0) is 43.0 Å². The van der Waals surface area contributed by atoms with E-state index >= 15 is 0 Å². The first-order valence-corrected chi connectivity index (χ1v) is 8.66. The maximum atomic E-state index is 12.4. The van der Waals surface area contributed by atoms with E-state index in [4.69, 9.17) is 9.47 Å². The highest BCUT2D eigenvalue weighted by atomic mass is 16.5. The first-order valence-electron chi connectivity index (χ1n) is 8.66. The fourth-order valence-corrected chi connectivity index (χ4v) is 3.51. The van der Waals surface area contributed by atoms with Gasteiger partial charge in [0.2, 0.25) is 5.91 Å². The van der Waals surface area contributed by atoms with Gasteiger partial charge in [0, 0.05) is 19.0 Å². The molecule has 2 aromatic carbocycles. The van der Waals surface area contributed by atoms with Crippen molar-refractivity contribution in [2.24, 2.45) is 0 Å². The summed E-state index contributed by atoms with van der Waals surface area (Å²) in [5.41, 5.74) is 3.57. The highest BCUT2D eigenvalue weighted by Gasteiger charge is 2.31. The fourth-order valence-electron chi connectivity index (χ4n) is 3.51. The van der Waals surface area contributed by atoms with Gasteiger partial charge in [-0.2, -0.15) is 0 Å². The smallest absolute Gasteiger partial charge is 0.223 e. The number of carbonyl (C=O) groups excluding carboxylic acids is 1. The predicted octanol–water partition coefficient (Wildman–Crippen LogP) is 3.75. The quantitative estimate of drug-likeness (QED) is 0.805. The van der Waals surface area contributed by atoms with Crippen molar-refractivity contribution in [3.05, 3.63) is 59.2 Å². The van der Waals surface area contributed by atoms with Crippen molar-refractivity contribution >= 4 is 5.91 Å². The summed E-state index contributed by atoms with van der Waals surface area (Å²) in [6.07, 6.45) is 2.36. The molecule has 4 nitrogen and oxygen atoms in total. The summed E-state index contributed by atoms with van der Waals surface area (Å²) >= 11 is 0. The molecule has 25 heavy (non-hydrogen) atoms. The van der Waals surface area contributed by atoms with Crippen LogP contribution >= 0.6 is 0 Å². The van der Waals surface area contributed by atoms with E-state index in [9.17, 15) is 4.79 Å². The molecule has 1 aliphatic heterocycles. The number of nitrogens with zero attached hydrogens (tertiary/aromatic N) is 1. The van der Waals surface area contributed by atoms with E-state index in [-0.39, 0.29) is 11.9 Å². The van der Waals surface area contributed by atoms with Crippen LogP contribution in [-0.4, -0.2) is 31.1 Å². The second kappa shape index (κ2) is 7.60. The van der Waals surface area contributed by atoms with E-state index in [1.165, 1.54) is 11.1 Å². The van der Waals surface area contributed by atoms with Crippen LogP contribution in [0.5, 0.6) is 11.5 Å². The molecule has 0 N–H and O–H groups in total. The average Bonchev–Trinajstić information content (AvgIpc) is 2.95. The van der Waals surface area contributed by atoms with Crippen molar-refractivity contribution in [2.45, 2.75) is 38.8 Å². The average molecular weight is 339 g/mol. The number of rotatable bonds is 6. The summed E-state index contributed by atoms with van der Waals surface area (Å²) in [6, 6.07) is 14.6. The summed E-state index contributed by atoms with van der Waals surface area (Å²) in [5, 5.41) is 0. The van der Waals surface area contributed by atoms with Crippen LogP contribution in [-0.2, 0) is 17.8 Å². The van der Waals surface area contributed by atoms with Crippen LogP contribution in [0, 0.1) is 6.92 Å². The van der Waals surface area contributed by atoms with Crippen molar-refractivity contribution in [3.63, 3.8) is 0 Å². The van der Waals surface area contributed by atoms with Crippen LogP contribution in [0.15, 0.2) is 42.5 Å². The molecule has 2 aromatic rings. The number of aryl methyl sites for hydroxylation is 1. The zero-order valence-corrected chi connectivity index (χ0v) is 15.1. The largest absolute Gasteiger partial charge is 0.493 e. The third-order valence-electron chi connectivity index (χ3n) is 4.81. The van der Waals surface area contributed by atoms with Crippen molar-refractivity contribution in [1.82, 2.24) is 4.90 Å². The number of benzene rings is 2. The van der Waals surface area contributed by atoms with E-state index in [0.717, 1.165) is 29.9 Å². The summed E-state index contributed by atoms with van der Waals surface area (Å²) in [7, 11) is 3.28. The minimum absolute atomic E-state index is 0.228. The van der Waals surface area contributed by atoms with E-state index < -0.39 is 0 Å². The molecule has 1 amide bonds. The van der Waals surface area contributed by atoms with Crippen LogP contribution in [0.4, 0.5) is 0 Å². The molecule has 0 spiro atoms. The summed E-state index contributed by atoms with van der Waals surface area (Å²) in [5.74, 6) is 1.70. The first-order chi connectivity index (χ1) is 12.1. The topological polar surface area (TPSA) is 38.8 Å². The molecule has 0 unspecified atom stereocenters. The van der Waals surface area contributed by atoms with E-state index in [1.807, 2.05) is 17.0 Å². The second-order valence-corrected chi connectivity index (χ2v) is 6.60. The Balaban J connectivity index is 1.75. The Morgan fingerprint density at radius 1 is 1.04 bits per heavy atom. The third-order valence-corrected chi connectivity index (χ3v) is 4.81. The molecule has 0 bridgehead atoms. The monoisotopic (exact) mass is 339 g/mol. The van der Waals surface area contributed by atoms with Gasteiger partial charge >= 0.3 is 0 Å². The molecule has 0 aliphatic carbocycles. The number of amides is 1. The summed E-state index contributed by atoms with van der Waals surface area (Å²) in [4.78, 5) is 14.4. The molecule has 3 rings (SSSR count). The Hall–Kier alpha value is -2.49. The molecule has 4 heteroatoms. The molecular weight excluding hydrogens is 314 g/mol. The van der Waals surface area contributed by atoms with Gasteiger partial charge in [0.05, 0.1) is 14.2 Å². The molecular formula is C21H25NO3. The lowest BCUT2D eigenvalue weighted by Gasteiger charge is -2.25. The maximum Gasteiger partial charge on any atom is 0.223 e. The van der Waals surface area contributed by atoms with Gasteiger partial charge in [-0.15, -0.1) is 0 Å². The van der Waals surface area contributed by atoms with Gasteiger partial charge in [0.25, 0.3) is 0 Å². The van der Waals surface area contributed by atoms with Crippen molar-refractivity contribution in [1.29, 1.82) is 0 Å². The highest BCUT2D eigenvalue weighted by molar-refractivity contribution is 5.78. The predicted molar refractivity (Wildman–Crippen MR) is 98.0 cm³/mol. The molecule has 0 radical (unpaired) electrons. The number of hydrogen-bond donors (Lipinski definition) is 0. The van der Waals surface area contributed by atoms with Crippen LogP contribution in [0.1, 0.15) is 29.5 Å². The van der Waals surface area contributed by atoms with Crippen molar-refractivity contribution in [2.75, 3.05) is 14.2 Å². The molecule has 1 fully saturated rings. The minimum atomic E-state index is 0.228. The van der Waals surface area contributed by atoms with E-state index in [2.05, 4.69) is 37.3 Å². The fraction of sp³-hybridized carbons (Fsp3) is 0.381. The summed E-state index contributed by atoms with van der Waals surface area (Å²) in [6.45, 7) is 2.76. The second-order valence-electron chi connectivity index (χ2n) is 6.60. The molecule has 0 saturated carbocycles. The van der Waals surface area contributed by atoms with Crippen LogP contribution in [0.2, 0.25) is 0 Å². The standard InChI is InChI=1S/C21H25NO3/c1-15-5-4-6-17(11-15)14-22-18(8-10-21(22)23)12-16-7-9-19(24-2)20(13-16)25-3/h4-7,9,11,13,18H,8,10,12,14H2,1-3H3/t18-/m0/s1. The Kier molecular flexibility index (Phi) is 5.27. The first kappa shape index (κ1) is 17.3. The molecule has 1 atom stereocenters. The number of hydrogen-bond acceptors (Lipinski definition) is 3. The Labute approximate surface area is 149 Å². The number of likely N-dealkylation sites (tertiary alicyclic amines) is 1. The molecule has 132 valence electrons. The van der Waals surface area contributed by atoms with Crippen LogP contribution in [0.25, 0.3) is 0 Å². The molecule has 1 saturated heterocycles.